The molecule has 0 aliphatic carbocycles. The molecule has 0 fully saturated rings. The fraction of sp³-hybridized carbons (Fsp3) is 0.462. The van der Waals surface area contributed by atoms with Gasteiger partial charge >= 0.3 is 5.97 Å². The van der Waals surface area contributed by atoms with Gasteiger partial charge in [0.25, 0.3) is 0 Å². The maximum atomic E-state index is 11.9. The smallest absolute Gasteiger partial charge is 0.342 e. The van der Waals surface area contributed by atoms with Crippen molar-refractivity contribution in [2.75, 3.05) is 19.0 Å². The van der Waals surface area contributed by atoms with Crippen molar-refractivity contribution in [1.82, 2.24) is 0 Å². The number of methoxy groups -OCH3 is 1. The van der Waals surface area contributed by atoms with Crippen molar-refractivity contribution in [1.29, 1.82) is 0 Å². The summed E-state index contributed by atoms with van der Waals surface area (Å²) in [6, 6.07) is 5.62. The Labute approximate surface area is 110 Å². The van der Waals surface area contributed by atoms with Gasteiger partial charge in [0.1, 0.15) is 11.3 Å². The Morgan fingerprint density at radius 2 is 2.18 bits per heavy atom. The number of benzene rings is 1. The molecule has 0 saturated heterocycles. The van der Waals surface area contributed by atoms with Gasteiger partial charge in [0.05, 0.1) is 13.7 Å². The monoisotopic (exact) mass is 300 g/mol. The van der Waals surface area contributed by atoms with E-state index in [0.29, 0.717) is 17.9 Å². The molecule has 0 amide bonds. The number of carbonyl (C=O) groups excluding carboxylic acids is 1. The van der Waals surface area contributed by atoms with Crippen LogP contribution in [-0.4, -0.2) is 25.0 Å². The van der Waals surface area contributed by atoms with E-state index in [1.54, 1.807) is 20.1 Å². The third-order valence-corrected chi connectivity index (χ3v) is 2.95. The topological polar surface area (TPSA) is 35.5 Å². The van der Waals surface area contributed by atoms with Gasteiger partial charge in [-0.2, -0.15) is 0 Å². The van der Waals surface area contributed by atoms with E-state index in [4.69, 9.17) is 9.47 Å². The Morgan fingerprint density at radius 1 is 1.41 bits per heavy atom. The number of halogens is 1. The van der Waals surface area contributed by atoms with Gasteiger partial charge in [0.2, 0.25) is 0 Å². The number of alkyl halides is 1. The molecule has 0 saturated carbocycles. The van der Waals surface area contributed by atoms with E-state index in [9.17, 15) is 4.79 Å². The highest BCUT2D eigenvalue weighted by atomic mass is 79.9. The van der Waals surface area contributed by atoms with Gasteiger partial charge < -0.3 is 9.47 Å². The summed E-state index contributed by atoms with van der Waals surface area (Å²) in [6.07, 6.45) is 1.80. The molecule has 0 bridgehead atoms. The van der Waals surface area contributed by atoms with Crippen molar-refractivity contribution < 1.29 is 14.3 Å². The lowest BCUT2D eigenvalue weighted by molar-refractivity contribution is 0.0521. The highest BCUT2D eigenvalue weighted by molar-refractivity contribution is 9.09. The van der Waals surface area contributed by atoms with Crippen LogP contribution in [0.25, 0.3) is 0 Å². The second-order valence-electron chi connectivity index (χ2n) is 3.51. The molecule has 0 aliphatic heterocycles. The number of aryl methyl sites for hydroxylation is 1. The molecular formula is C13H17BrO3. The molecule has 1 aromatic carbocycles. The number of rotatable bonds is 6. The lowest BCUT2D eigenvalue weighted by Crippen LogP contribution is -2.10. The van der Waals surface area contributed by atoms with Gasteiger partial charge in [-0.15, -0.1) is 0 Å². The minimum Gasteiger partial charge on any atom is -0.496 e. The summed E-state index contributed by atoms with van der Waals surface area (Å²) < 4.78 is 10.3. The first-order valence-electron chi connectivity index (χ1n) is 5.63. The fourth-order valence-corrected chi connectivity index (χ4v) is 1.93. The van der Waals surface area contributed by atoms with Crippen LogP contribution in [0.3, 0.4) is 0 Å². The predicted molar refractivity (Wildman–Crippen MR) is 71.1 cm³/mol. The van der Waals surface area contributed by atoms with E-state index < -0.39 is 0 Å². The zero-order valence-corrected chi connectivity index (χ0v) is 11.7. The number of hydrogen-bond acceptors (Lipinski definition) is 3. The molecular weight excluding hydrogens is 284 g/mol. The van der Waals surface area contributed by atoms with E-state index in [1.807, 2.05) is 12.1 Å². The van der Waals surface area contributed by atoms with E-state index in [1.165, 1.54) is 0 Å². The average molecular weight is 301 g/mol. The predicted octanol–water partition coefficient (Wildman–Crippen LogP) is 3.20. The van der Waals surface area contributed by atoms with Crippen molar-refractivity contribution in [2.45, 2.75) is 19.8 Å². The van der Waals surface area contributed by atoms with Crippen molar-refractivity contribution in [3.05, 3.63) is 29.3 Å². The normalized spacial score (nSPS) is 10.1. The van der Waals surface area contributed by atoms with Gasteiger partial charge in [0, 0.05) is 5.33 Å². The zero-order valence-electron chi connectivity index (χ0n) is 10.2. The first-order chi connectivity index (χ1) is 8.24. The SMILES string of the molecule is CCOC(=O)c1c(CCCBr)cccc1OC. The average Bonchev–Trinajstić information content (AvgIpc) is 2.35. The standard InChI is InChI=1S/C13H17BrO3/c1-3-17-13(15)12-10(7-5-9-14)6-4-8-11(12)16-2/h4,6,8H,3,5,7,9H2,1-2H3. The molecule has 0 heterocycles. The quantitative estimate of drug-likeness (QED) is 0.598. The van der Waals surface area contributed by atoms with Crippen LogP contribution < -0.4 is 4.74 Å². The summed E-state index contributed by atoms with van der Waals surface area (Å²) in [6.45, 7) is 2.17. The van der Waals surface area contributed by atoms with Crippen molar-refractivity contribution in [3.63, 3.8) is 0 Å². The largest absolute Gasteiger partial charge is 0.496 e. The van der Waals surface area contributed by atoms with Gasteiger partial charge in [-0.25, -0.2) is 4.79 Å². The summed E-state index contributed by atoms with van der Waals surface area (Å²) in [5, 5.41) is 0.909. The van der Waals surface area contributed by atoms with Crippen LogP contribution >= 0.6 is 15.9 Å². The second-order valence-corrected chi connectivity index (χ2v) is 4.30. The summed E-state index contributed by atoms with van der Waals surface area (Å²) in [4.78, 5) is 11.9. The van der Waals surface area contributed by atoms with Gasteiger partial charge in [-0.1, -0.05) is 28.1 Å². The highest BCUT2D eigenvalue weighted by Gasteiger charge is 2.17. The summed E-state index contributed by atoms with van der Waals surface area (Å²) in [5.74, 6) is 0.269. The van der Waals surface area contributed by atoms with Crippen LogP contribution in [0.1, 0.15) is 29.3 Å². The van der Waals surface area contributed by atoms with Crippen LogP contribution in [0.5, 0.6) is 5.75 Å². The van der Waals surface area contributed by atoms with E-state index >= 15 is 0 Å². The van der Waals surface area contributed by atoms with E-state index in [0.717, 1.165) is 23.7 Å². The molecule has 0 unspecified atom stereocenters. The van der Waals surface area contributed by atoms with Crippen LogP contribution in [0.2, 0.25) is 0 Å². The fourth-order valence-electron chi connectivity index (χ4n) is 1.65. The van der Waals surface area contributed by atoms with Crippen LogP contribution in [0, 0.1) is 0 Å². The number of esters is 1. The molecule has 17 heavy (non-hydrogen) atoms. The molecule has 0 N–H and O–H groups in total. The van der Waals surface area contributed by atoms with Crippen LogP contribution in [-0.2, 0) is 11.2 Å². The molecule has 0 radical (unpaired) electrons. The molecule has 3 nitrogen and oxygen atoms in total. The Balaban J connectivity index is 3.06. The van der Waals surface area contributed by atoms with Crippen molar-refractivity contribution in [2.24, 2.45) is 0 Å². The number of hydrogen-bond donors (Lipinski definition) is 0. The molecule has 1 rings (SSSR count). The minimum absolute atomic E-state index is 0.311. The van der Waals surface area contributed by atoms with Crippen LogP contribution in [0.4, 0.5) is 0 Å². The highest BCUT2D eigenvalue weighted by Crippen LogP contribution is 2.24. The maximum Gasteiger partial charge on any atom is 0.342 e. The van der Waals surface area contributed by atoms with E-state index in [-0.39, 0.29) is 5.97 Å². The van der Waals surface area contributed by atoms with E-state index in [2.05, 4.69) is 15.9 Å². The molecule has 0 spiro atoms. The lowest BCUT2D eigenvalue weighted by Gasteiger charge is -2.12. The summed E-state index contributed by atoms with van der Waals surface area (Å²) in [7, 11) is 1.56. The molecule has 0 atom stereocenters. The van der Waals surface area contributed by atoms with Gasteiger partial charge in [-0.05, 0) is 31.4 Å². The zero-order chi connectivity index (χ0) is 12.7. The third kappa shape index (κ3) is 3.73. The third-order valence-electron chi connectivity index (χ3n) is 2.39. The Hall–Kier alpha value is -1.03. The van der Waals surface area contributed by atoms with Gasteiger partial charge in [-0.3, -0.25) is 0 Å². The minimum atomic E-state index is -0.311. The maximum absolute atomic E-state index is 11.9. The molecule has 0 aliphatic rings. The Bertz CT molecular complexity index is 377. The first-order valence-corrected chi connectivity index (χ1v) is 6.75. The number of ether oxygens (including phenoxy) is 2. The molecule has 1 aromatic rings. The van der Waals surface area contributed by atoms with Gasteiger partial charge in [0.15, 0.2) is 0 Å². The molecule has 4 heteroatoms. The lowest BCUT2D eigenvalue weighted by atomic mass is 10.0. The first kappa shape index (κ1) is 14.0. The van der Waals surface area contributed by atoms with Crippen LogP contribution in [0.15, 0.2) is 18.2 Å². The second kappa shape index (κ2) is 7.33. The van der Waals surface area contributed by atoms with Crippen molar-refractivity contribution >= 4 is 21.9 Å². The number of carbonyl (C=O) groups is 1. The Morgan fingerprint density at radius 3 is 2.76 bits per heavy atom. The summed E-state index contributed by atoms with van der Waals surface area (Å²) in [5.41, 5.74) is 1.53. The molecule has 94 valence electrons. The van der Waals surface area contributed by atoms with Crippen molar-refractivity contribution in [3.8, 4) is 5.75 Å². The molecule has 0 aromatic heterocycles. The Kier molecular flexibility index (Phi) is 6.05. The summed E-state index contributed by atoms with van der Waals surface area (Å²) >= 11 is 3.39.